The second-order valence-electron chi connectivity index (χ2n) is 3.98. The van der Waals surface area contributed by atoms with E-state index in [1.54, 1.807) is 0 Å². The highest BCUT2D eigenvalue weighted by Gasteiger charge is 2.33. The number of carbonyl (C=O) groups excluding carboxylic acids is 1. The number of aromatic nitrogens is 1. The fourth-order valence-corrected chi connectivity index (χ4v) is 2.36. The van der Waals surface area contributed by atoms with Crippen molar-refractivity contribution in [1.82, 2.24) is 4.98 Å². The number of rotatable bonds is 3. The molecule has 1 atom stereocenters. The number of hydrogen-bond acceptors (Lipinski definition) is 4. The molecule has 0 amide bonds. The van der Waals surface area contributed by atoms with Gasteiger partial charge in [-0.05, 0) is 26.7 Å². The summed E-state index contributed by atoms with van der Waals surface area (Å²) in [7, 11) is 0. The average Bonchev–Trinajstić information content (AvgIpc) is 3.01. The highest BCUT2D eigenvalue weighted by molar-refractivity contribution is 7.13. The van der Waals surface area contributed by atoms with Crippen molar-refractivity contribution in [2.75, 3.05) is 0 Å². The van der Waals surface area contributed by atoms with Crippen molar-refractivity contribution >= 4 is 17.3 Å². The topological polar surface area (TPSA) is 39.2 Å². The fraction of sp³-hybridized carbons (Fsp3) is 0.500. The molecule has 1 aliphatic carbocycles. The van der Waals surface area contributed by atoms with Gasteiger partial charge >= 0.3 is 5.97 Å². The molecule has 0 bridgehead atoms. The molecule has 0 N–H and O–H groups in total. The summed E-state index contributed by atoms with van der Waals surface area (Å²) >= 11 is 1.35. The quantitative estimate of drug-likeness (QED) is 0.596. The van der Waals surface area contributed by atoms with Crippen LogP contribution >= 0.6 is 11.3 Å². The predicted molar refractivity (Wildman–Crippen MR) is 62.3 cm³/mol. The Labute approximate surface area is 98.8 Å². The molecule has 1 saturated carbocycles. The van der Waals surface area contributed by atoms with E-state index in [0.29, 0.717) is 10.8 Å². The van der Waals surface area contributed by atoms with Crippen molar-refractivity contribution in [2.45, 2.75) is 32.8 Å². The van der Waals surface area contributed by atoms with Crippen LogP contribution in [0.25, 0.3) is 0 Å². The lowest BCUT2D eigenvalue weighted by Gasteiger charge is -2.10. The predicted octanol–water partition coefficient (Wildman–Crippen LogP) is 2.33. The van der Waals surface area contributed by atoms with Crippen LogP contribution in [0.1, 0.15) is 33.2 Å². The van der Waals surface area contributed by atoms with Crippen molar-refractivity contribution < 1.29 is 9.53 Å². The zero-order valence-electron chi connectivity index (χ0n) is 9.32. The summed E-state index contributed by atoms with van der Waals surface area (Å²) < 4.78 is 5.30. The van der Waals surface area contributed by atoms with Crippen LogP contribution in [0.15, 0.2) is 0 Å². The molecule has 1 fully saturated rings. The molecule has 84 valence electrons. The standard InChI is InChI=1S/C12H13NO2S/c1-4-10(9-5-6-9)15-12(14)11-7(2)13-8(3)16-11/h1,9-10H,5-6H2,2-3H3. The van der Waals surface area contributed by atoms with Gasteiger partial charge in [0.2, 0.25) is 0 Å². The molecule has 0 radical (unpaired) electrons. The summed E-state index contributed by atoms with van der Waals surface area (Å²) in [6.07, 6.45) is 7.09. The van der Waals surface area contributed by atoms with Crippen molar-refractivity contribution in [2.24, 2.45) is 5.92 Å². The zero-order valence-corrected chi connectivity index (χ0v) is 10.1. The highest BCUT2D eigenvalue weighted by Crippen LogP contribution is 2.34. The zero-order chi connectivity index (χ0) is 11.7. The van der Waals surface area contributed by atoms with Gasteiger partial charge in [-0.3, -0.25) is 0 Å². The van der Waals surface area contributed by atoms with Gasteiger partial charge in [-0.25, -0.2) is 9.78 Å². The maximum absolute atomic E-state index is 11.8. The van der Waals surface area contributed by atoms with E-state index in [0.717, 1.165) is 23.5 Å². The Kier molecular flexibility index (Phi) is 2.97. The van der Waals surface area contributed by atoms with E-state index >= 15 is 0 Å². The second kappa shape index (κ2) is 4.26. The lowest BCUT2D eigenvalue weighted by molar-refractivity contribution is 0.0379. The van der Waals surface area contributed by atoms with Gasteiger partial charge in [0.25, 0.3) is 0 Å². The van der Waals surface area contributed by atoms with Crippen LogP contribution in [0.3, 0.4) is 0 Å². The molecular weight excluding hydrogens is 222 g/mol. The molecule has 3 nitrogen and oxygen atoms in total. The Morgan fingerprint density at radius 2 is 2.31 bits per heavy atom. The summed E-state index contributed by atoms with van der Waals surface area (Å²) in [5.41, 5.74) is 0.721. The van der Waals surface area contributed by atoms with E-state index in [-0.39, 0.29) is 12.1 Å². The average molecular weight is 235 g/mol. The van der Waals surface area contributed by atoms with Crippen LogP contribution in [0.5, 0.6) is 0 Å². The molecule has 1 unspecified atom stereocenters. The summed E-state index contributed by atoms with van der Waals surface area (Å²) in [6.45, 7) is 3.68. The maximum Gasteiger partial charge on any atom is 0.351 e. The number of aryl methyl sites for hydroxylation is 2. The molecule has 0 aromatic carbocycles. The van der Waals surface area contributed by atoms with E-state index in [9.17, 15) is 4.79 Å². The molecule has 0 saturated heterocycles. The molecular formula is C12H13NO2S. The van der Waals surface area contributed by atoms with Crippen LogP contribution in [0.4, 0.5) is 0 Å². The third-order valence-electron chi connectivity index (χ3n) is 2.54. The van der Waals surface area contributed by atoms with Crippen molar-refractivity contribution in [3.8, 4) is 12.3 Å². The molecule has 0 spiro atoms. The van der Waals surface area contributed by atoms with Crippen LogP contribution in [-0.2, 0) is 4.74 Å². The van der Waals surface area contributed by atoms with Crippen LogP contribution in [0.2, 0.25) is 0 Å². The number of thiazole rings is 1. The molecule has 16 heavy (non-hydrogen) atoms. The molecule has 2 rings (SSSR count). The minimum absolute atomic E-state index is 0.335. The Hall–Kier alpha value is -1.34. The van der Waals surface area contributed by atoms with E-state index in [2.05, 4.69) is 10.9 Å². The van der Waals surface area contributed by atoms with Gasteiger partial charge in [-0.15, -0.1) is 17.8 Å². The Morgan fingerprint density at radius 1 is 1.62 bits per heavy atom. The van der Waals surface area contributed by atoms with E-state index < -0.39 is 0 Å². The van der Waals surface area contributed by atoms with E-state index in [1.807, 2.05) is 13.8 Å². The SMILES string of the molecule is C#CC(OC(=O)c1sc(C)nc1C)C1CC1. The fourth-order valence-electron chi connectivity index (χ4n) is 1.55. The third-order valence-corrected chi connectivity index (χ3v) is 3.59. The lowest BCUT2D eigenvalue weighted by Crippen LogP contribution is -2.18. The molecule has 1 aromatic heterocycles. The molecule has 1 aliphatic rings. The van der Waals surface area contributed by atoms with Crippen LogP contribution < -0.4 is 0 Å². The minimum atomic E-state index is -0.366. The van der Waals surface area contributed by atoms with Gasteiger partial charge in [0.05, 0.1) is 10.7 Å². The first kappa shape index (κ1) is 11.2. The largest absolute Gasteiger partial charge is 0.445 e. The number of terminal acetylenes is 1. The first-order chi connectivity index (χ1) is 7.61. The summed E-state index contributed by atoms with van der Waals surface area (Å²) in [5.74, 6) is 2.56. The van der Waals surface area contributed by atoms with Gasteiger partial charge in [-0.2, -0.15) is 0 Å². The van der Waals surface area contributed by atoms with Gasteiger partial charge in [0.15, 0.2) is 6.10 Å². The second-order valence-corrected chi connectivity index (χ2v) is 5.18. The first-order valence-corrected chi connectivity index (χ1v) is 6.04. The Morgan fingerprint density at radius 3 is 2.75 bits per heavy atom. The lowest BCUT2D eigenvalue weighted by atomic mass is 10.2. The van der Waals surface area contributed by atoms with Gasteiger partial charge < -0.3 is 4.74 Å². The summed E-state index contributed by atoms with van der Waals surface area (Å²) in [6, 6.07) is 0. The van der Waals surface area contributed by atoms with E-state index in [1.165, 1.54) is 11.3 Å². The van der Waals surface area contributed by atoms with Crippen LogP contribution in [-0.4, -0.2) is 17.1 Å². The molecule has 1 aromatic rings. The molecule has 4 heteroatoms. The molecule has 1 heterocycles. The van der Waals surface area contributed by atoms with E-state index in [4.69, 9.17) is 11.2 Å². The van der Waals surface area contributed by atoms with Gasteiger partial charge in [0.1, 0.15) is 4.88 Å². The van der Waals surface area contributed by atoms with Crippen molar-refractivity contribution in [1.29, 1.82) is 0 Å². The van der Waals surface area contributed by atoms with Crippen molar-refractivity contribution in [3.63, 3.8) is 0 Å². The minimum Gasteiger partial charge on any atom is -0.445 e. The maximum atomic E-state index is 11.8. The normalized spacial score (nSPS) is 16.6. The summed E-state index contributed by atoms with van der Waals surface area (Å²) in [4.78, 5) is 16.6. The number of esters is 1. The first-order valence-electron chi connectivity index (χ1n) is 5.23. The van der Waals surface area contributed by atoms with Crippen LogP contribution in [0, 0.1) is 32.1 Å². The molecule has 0 aliphatic heterocycles. The Bertz CT molecular complexity index is 454. The third kappa shape index (κ3) is 2.25. The smallest absolute Gasteiger partial charge is 0.351 e. The number of ether oxygens (including phenoxy) is 1. The van der Waals surface area contributed by atoms with Gasteiger partial charge in [-0.1, -0.05) is 5.92 Å². The monoisotopic (exact) mass is 235 g/mol. The van der Waals surface area contributed by atoms with Gasteiger partial charge in [0, 0.05) is 5.92 Å². The highest BCUT2D eigenvalue weighted by atomic mass is 32.1. The Balaban J connectivity index is 2.08. The van der Waals surface area contributed by atoms with Crippen molar-refractivity contribution in [3.05, 3.63) is 15.6 Å². The number of hydrogen-bond donors (Lipinski definition) is 0. The summed E-state index contributed by atoms with van der Waals surface area (Å²) in [5, 5.41) is 0.869. The number of carbonyl (C=O) groups is 1. The number of nitrogens with zero attached hydrogens (tertiary/aromatic N) is 1.